The molecule has 5 nitrogen and oxygen atoms in total. The van der Waals surface area contributed by atoms with Crippen molar-refractivity contribution < 1.29 is 4.92 Å². The van der Waals surface area contributed by atoms with Crippen molar-refractivity contribution in [3.05, 3.63) is 153 Å². The molecule has 0 bridgehead atoms. The second-order valence-corrected chi connectivity index (χ2v) is 10.0. The third kappa shape index (κ3) is 5.48. The van der Waals surface area contributed by atoms with Crippen LogP contribution < -0.4 is 5.32 Å². The summed E-state index contributed by atoms with van der Waals surface area (Å²) in [5, 5.41) is 16.5. The van der Waals surface area contributed by atoms with E-state index >= 15 is 0 Å². The highest BCUT2D eigenvalue weighted by Gasteiger charge is 2.56. The highest BCUT2D eigenvalue weighted by atomic mass is 16.6. The fourth-order valence-electron chi connectivity index (χ4n) is 5.57. The van der Waals surface area contributed by atoms with Crippen molar-refractivity contribution in [1.29, 1.82) is 0 Å². The van der Waals surface area contributed by atoms with Crippen LogP contribution in [0.5, 0.6) is 0 Å². The van der Waals surface area contributed by atoms with Crippen LogP contribution in [-0.2, 0) is 13.1 Å². The molecule has 0 spiro atoms. The van der Waals surface area contributed by atoms with Crippen molar-refractivity contribution >= 4 is 0 Å². The van der Waals surface area contributed by atoms with Gasteiger partial charge in [0, 0.05) is 18.0 Å². The van der Waals surface area contributed by atoms with E-state index in [0.29, 0.717) is 13.1 Å². The van der Waals surface area contributed by atoms with E-state index in [-0.39, 0.29) is 23.0 Å². The van der Waals surface area contributed by atoms with Gasteiger partial charge in [0.15, 0.2) is 0 Å². The minimum atomic E-state index is -0.818. The van der Waals surface area contributed by atoms with Crippen molar-refractivity contribution in [2.45, 2.75) is 51.1 Å². The Morgan fingerprint density at radius 1 is 0.703 bits per heavy atom. The van der Waals surface area contributed by atoms with Crippen molar-refractivity contribution in [1.82, 2.24) is 10.2 Å². The Labute approximate surface area is 218 Å². The van der Waals surface area contributed by atoms with Gasteiger partial charge in [-0.05, 0) is 36.1 Å². The van der Waals surface area contributed by atoms with Crippen LogP contribution >= 0.6 is 0 Å². The van der Waals surface area contributed by atoms with E-state index in [4.69, 9.17) is 0 Å². The molecule has 0 saturated carbocycles. The number of rotatable bonds is 8. The molecule has 1 saturated heterocycles. The maximum atomic E-state index is 12.8. The van der Waals surface area contributed by atoms with Gasteiger partial charge < -0.3 is 5.32 Å². The monoisotopic (exact) mass is 491 g/mol. The quantitative estimate of drug-likeness (QED) is 0.229. The normalized spacial score (nSPS) is 21.7. The van der Waals surface area contributed by atoms with Gasteiger partial charge in [-0.3, -0.25) is 15.0 Å². The number of nitrogens with one attached hydrogen (secondary N) is 1. The molecular formula is C32H33N3O2. The third-order valence-corrected chi connectivity index (χ3v) is 7.42. The summed E-state index contributed by atoms with van der Waals surface area (Å²) in [5.41, 5.74) is 6.63. The number of likely N-dealkylation sites (tertiary alicyclic amines) is 1. The number of aryl methyl sites for hydroxylation is 2. The van der Waals surface area contributed by atoms with Crippen LogP contribution in [0.1, 0.15) is 45.5 Å². The van der Waals surface area contributed by atoms with Crippen LogP contribution in [0.25, 0.3) is 0 Å². The Hall–Kier alpha value is -3.80. The number of nitrogens with zero attached hydrogens (tertiary/aromatic N) is 2. The molecule has 188 valence electrons. The Kier molecular flexibility index (Phi) is 7.45. The fraction of sp³-hybridized carbons (Fsp3) is 0.250. The van der Waals surface area contributed by atoms with Gasteiger partial charge >= 0.3 is 0 Å². The third-order valence-electron chi connectivity index (χ3n) is 7.42. The minimum Gasteiger partial charge on any atom is -0.302 e. The van der Waals surface area contributed by atoms with E-state index in [2.05, 4.69) is 89.9 Å². The standard InChI is InChI=1S/C32H33N3O2/c1-23-13-17-27(18-14-23)30-29(33-21-25-9-5-3-6-10-25)32(35(36)37)31(28-19-15-24(2)16-20-28)34(30)22-26-11-7-4-8-12-26/h3-20,29-33H,21-22H2,1-2H3/t29-,30-,31-,32+/m1/s1. The van der Waals surface area contributed by atoms with Gasteiger partial charge in [-0.25, -0.2) is 0 Å². The fourth-order valence-corrected chi connectivity index (χ4v) is 5.57. The first-order chi connectivity index (χ1) is 18.0. The number of hydrogen-bond acceptors (Lipinski definition) is 4. The highest BCUT2D eigenvalue weighted by molar-refractivity contribution is 5.34. The van der Waals surface area contributed by atoms with Crippen LogP contribution in [0.2, 0.25) is 0 Å². The molecule has 4 aromatic rings. The molecule has 1 fully saturated rings. The van der Waals surface area contributed by atoms with Crippen molar-refractivity contribution in [3.63, 3.8) is 0 Å². The maximum absolute atomic E-state index is 12.8. The molecule has 1 aliphatic heterocycles. The Morgan fingerprint density at radius 2 is 1.19 bits per heavy atom. The van der Waals surface area contributed by atoms with E-state index in [1.165, 1.54) is 5.56 Å². The van der Waals surface area contributed by atoms with E-state index in [9.17, 15) is 10.1 Å². The molecule has 1 heterocycles. The lowest BCUT2D eigenvalue weighted by Gasteiger charge is -2.31. The zero-order valence-corrected chi connectivity index (χ0v) is 21.3. The van der Waals surface area contributed by atoms with Gasteiger partial charge in [0.2, 0.25) is 6.04 Å². The van der Waals surface area contributed by atoms with Gasteiger partial charge in [-0.15, -0.1) is 0 Å². The summed E-state index contributed by atoms with van der Waals surface area (Å²) in [5.74, 6) is 0. The molecule has 5 rings (SSSR count). The van der Waals surface area contributed by atoms with E-state index in [1.807, 2.05) is 43.3 Å². The molecule has 0 unspecified atom stereocenters. The number of nitro groups is 1. The molecule has 0 amide bonds. The average molecular weight is 492 g/mol. The van der Waals surface area contributed by atoms with Crippen LogP contribution in [-0.4, -0.2) is 21.9 Å². The summed E-state index contributed by atoms with van der Waals surface area (Å²) in [7, 11) is 0. The van der Waals surface area contributed by atoms with E-state index in [1.54, 1.807) is 0 Å². The average Bonchev–Trinajstić information content (AvgIpc) is 3.23. The second kappa shape index (κ2) is 11.1. The largest absolute Gasteiger partial charge is 0.302 e. The Balaban J connectivity index is 1.63. The molecule has 0 aliphatic carbocycles. The molecule has 0 aromatic heterocycles. The van der Waals surface area contributed by atoms with Crippen LogP contribution in [0.15, 0.2) is 109 Å². The van der Waals surface area contributed by atoms with Crippen molar-refractivity contribution in [2.24, 2.45) is 0 Å². The Bertz CT molecular complexity index is 1310. The lowest BCUT2D eigenvalue weighted by atomic mass is 9.93. The Morgan fingerprint density at radius 3 is 1.70 bits per heavy atom. The van der Waals surface area contributed by atoms with E-state index in [0.717, 1.165) is 27.8 Å². The maximum Gasteiger partial charge on any atom is 0.249 e. The lowest BCUT2D eigenvalue weighted by Crippen LogP contribution is -2.44. The number of hydrogen-bond donors (Lipinski definition) is 1. The van der Waals surface area contributed by atoms with Gasteiger partial charge in [-0.1, -0.05) is 120 Å². The molecule has 4 atom stereocenters. The predicted molar refractivity (Wildman–Crippen MR) is 148 cm³/mol. The van der Waals surface area contributed by atoms with Gasteiger partial charge in [0.1, 0.15) is 6.04 Å². The SMILES string of the molecule is Cc1ccc([C@@H]2[C@@H](NCc3ccccc3)[C@H]([N+](=O)[O-])[C@@H](c3ccc(C)cc3)N2Cc2ccccc2)cc1. The smallest absolute Gasteiger partial charge is 0.249 e. The topological polar surface area (TPSA) is 58.4 Å². The summed E-state index contributed by atoms with van der Waals surface area (Å²) >= 11 is 0. The molecule has 37 heavy (non-hydrogen) atoms. The predicted octanol–water partition coefficient (Wildman–Crippen LogP) is 6.41. The molecule has 5 heteroatoms. The summed E-state index contributed by atoms with van der Waals surface area (Å²) in [6.45, 7) is 5.30. The zero-order chi connectivity index (χ0) is 25.8. The van der Waals surface area contributed by atoms with Gasteiger partial charge in [0.25, 0.3) is 0 Å². The van der Waals surface area contributed by atoms with Crippen LogP contribution in [0.3, 0.4) is 0 Å². The molecule has 4 aromatic carbocycles. The van der Waals surface area contributed by atoms with Crippen LogP contribution in [0, 0.1) is 24.0 Å². The summed E-state index contributed by atoms with van der Waals surface area (Å²) < 4.78 is 0. The second-order valence-electron chi connectivity index (χ2n) is 10.0. The lowest BCUT2D eigenvalue weighted by molar-refractivity contribution is -0.529. The molecule has 1 aliphatic rings. The van der Waals surface area contributed by atoms with E-state index < -0.39 is 6.04 Å². The van der Waals surface area contributed by atoms with Crippen molar-refractivity contribution in [3.8, 4) is 0 Å². The summed E-state index contributed by atoms with van der Waals surface area (Å²) in [6.07, 6.45) is 0. The molecular weight excluding hydrogens is 458 g/mol. The summed E-state index contributed by atoms with van der Waals surface area (Å²) in [4.78, 5) is 15.1. The summed E-state index contributed by atoms with van der Waals surface area (Å²) in [6, 6.07) is 35.3. The first-order valence-electron chi connectivity index (χ1n) is 12.8. The highest BCUT2D eigenvalue weighted by Crippen LogP contribution is 2.46. The molecule has 0 radical (unpaired) electrons. The first-order valence-corrected chi connectivity index (χ1v) is 12.8. The number of benzene rings is 4. The minimum absolute atomic E-state index is 0.0701. The van der Waals surface area contributed by atoms with Gasteiger partial charge in [-0.2, -0.15) is 0 Å². The van der Waals surface area contributed by atoms with Gasteiger partial charge in [0.05, 0.1) is 12.1 Å². The van der Waals surface area contributed by atoms with Crippen molar-refractivity contribution in [2.75, 3.05) is 0 Å². The van der Waals surface area contributed by atoms with Crippen LogP contribution in [0.4, 0.5) is 0 Å². The zero-order valence-electron chi connectivity index (χ0n) is 21.3. The molecule has 1 N–H and O–H groups in total. The first kappa shape index (κ1) is 24.9.